The summed E-state index contributed by atoms with van der Waals surface area (Å²) in [6, 6.07) is 18.7. The van der Waals surface area contributed by atoms with Gasteiger partial charge in [-0.15, -0.1) is 0 Å². The van der Waals surface area contributed by atoms with E-state index in [1.54, 1.807) is 4.68 Å². The Kier molecular flexibility index (Phi) is 5.21. The van der Waals surface area contributed by atoms with Gasteiger partial charge in [0.1, 0.15) is 0 Å². The molecule has 33 heavy (non-hydrogen) atoms. The first-order valence-corrected chi connectivity index (χ1v) is 12.4. The molecule has 6 nitrogen and oxygen atoms in total. The number of nitrogens with one attached hydrogen (secondary N) is 1. The number of para-hydroxylation sites is 2. The Morgan fingerprint density at radius 2 is 1.85 bits per heavy atom. The smallest absolute Gasteiger partial charge is 0.216 e. The molecule has 3 aliphatic rings. The monoisotopic (exact) mass is 456 g/mol. The van der Waals surface area contributed by atoms with Gasteiger partial charge >= 0.3 is 0 Å². The normalized spacial score (nSPS) is 21.3. The summed E-state index contributed by atoms with van der Waals surface area (Å²) in [6.07, 6.45) is 10.4. The van der Waals surface area contributed by atoms with Crippen LogP contribution in [-0.2, 0) is 6.54 Å². The van der Waals surface area contributed by atoms with Crippen molar-refractivity contribution in [1.82, 2.24) is 14.9 Å². The fraction of sp³-hybridized carbons (Fsp3) is 0.385. The summed E-state index contributed by atoms with van der Waals surface area (Å²) >= 11 is 5.55. The van der Waals surface area contributed by atoms with Gasteiger partial charge in [-0.25, -0.2) is 0 Å². The van der Waals surface area contributed by atoms with Gasteiger partial charge in [0.2, 0.25) is 4.77 Å². The van der Waals surface area contributed by atoms with Gasteiger partial charge in [0, 0.05) is 17.2 Å². The summed E-state index contributed by atoms with van der Waals surface area (Å²) < 4.78 is 2.29. The second-order valence-corrected chi connectivity index (χ2v) is 9.73. The number of anilines is 1. The minimum atomic E-state index is 0.0868. The first-order chi connectivity index (χ1) is 16.2. The van der Waals surface area contributed by atoms with Crippen molar-refractivity contribution in [1.29, 1.82) is 0 Å². The highest BCUT2D eigenvalue weighted by Crippen LogP contribution is 2.52. The van der Waals surface area contributed by atoms with Crippen molar-refractivity contribution in [3.63, 3.8) is 0 Å². The number of fused-ring (bicyclic) bond motifs is 3. The van der Waals surface area contributed by atoms with Crippen molar-refractivity contribution in [2.75, 3.05) is 4.90 Å². The zero-order chi connectivity index (χ0) is 22.3. The molecule has 2 fully saturated rings. The number of hydrogen-bond donors (Lipinski definition) is 1. The van der Waals surface area contributed by atoms with E-state index in [1.807, 2.05) is 36.5 Å². The number of rotatable bonds is 4. The molecule has 6 rings (SSSR count). The van der Waals surface area contributed by atoms with Crippen LogP contribution < -0.4 is 4.90 Å². The molecule has 2 aliphatic carbocycles. The predicted octanol–water partition coefficient (Wildman–Crippen LogP) is 6.03. The van der Waals surface area contributed by atoms with E-state index in [1.165, 1.54) is 49.9 Å². The molecule has 2 saturated carbocycles. The predicted molar refractivity (Wildman–Crippen MR) is 135 cm³/mol. The Balaban J connectivity index is 1.43. The van der Waals surface area contributed by atoms with E-state index in [4.69, 9.17) is 22.3 Å². The summed E-state index contributed by atoms with van der Waals surface area (Å²) in [7, 11) is 0. The molecule has 3 aromatic rings. The van der Waals surface area contributed by atoms with Crippen molar-refractivity contribution < 1.29 is 0 Å². The van der Waals surface area contributed by atoms with Gasteiger partial charge in [0.05, 0.1) is 24.1 Å². The summed E-state index contributed by atoms with van der Waals surface area (Å²) in [5, 5.41) is 12.3. The molecular weight excluding hydrogens is 428 g/mol. The van der Waals surface area contributed by atoms with Gasteiger partial charge in [-0.1, -0.05) is 55.3 Å². The maximum atomic E-state index is 5.55. The highest BCUT2D eigenvalue weighted by molar-refractivity contribution is 7.71. The molecule has 1 unspecified atom stereocenters. The molecule has 2 heterocycles. The van der Waals surface area contributed by atoms with E-state index >= 15 is 0 Å². The maximum absolute atomic E-state index is 5.55. The van der Waals surface area contributed by atoms with E-state index in [9.17, 15) is 0 Å². The number of hydrogen-bond acceptors (Lipinski definition) is 5. The fourth-order valence-corrected chi connectivity index (χ4v) is 6.31. The van der Waals surface area contributed by atoms with Crippen LogP contribution in [0.15, 0.2) is 64.7 Å². The lowest BCUT2D eigenvalue weighted by molar-refractivity contribution is 0.308. The third kappa shape index (κ3) is 3.55. The van der Waals surface area contributed by atoms with Crippen LogP contribution in [0.5, 0.6) is 0 Å². The average Bonchev–Trinajstić information content (AvgIpc) is 3.57. The number of benzene rings is 2. The molecule has 1 aliphatic heterocycles. The number of aliphatic imine (C=N–C) groups is 1. The molecule has 1 atom stereocenters. The number of nitrogens with zero attached hydrogens (tertiary/aromatic N) is 5. The second-order valence-electron chi connectivity index (χ2n) is 9.35. The zero-order valence-electron chi connectivity index (χ0n) is 18.7. The van der Waals surface area contributed by atoms with E-state index in [0.29, 0.717) is 17.2 Å². The molecule has 0 radical (unpaired) electrons. The molecule has 1 N–H and O–H groups in total. The minimum Gasteiger partial charge on any atom is -0.356 e. The van der Waals surface area contributed by atoms with Gasteiger partial charge in [0.15, 0.2) is 5.82 Å². The lowest BCUT2D eigenvalue weighted by Crippen LogP contribution is -2.53. The van der Waals surface area contributed by atoms with Gasteiger partial charge in [-0.05, 0) is 62.0 Å². The van der Waals surface area contributed by atoms with Crippen LogP contribution in [0.4, 0.5) is 11.4 Å². The first kappa shape index (κ1) is 20.5. The van der Waals surface area contributed by atoms with Gasteiger partial charge in [-0.3, -0.25) is 10.1 Å². The summed E-state index contributed by atoms with van der Waals surface area (Å²) in [5.41, 5.74) is 4.80. The molecule has 0 saturated heterocycles. The average molecular weight is 457 g/mol. The Morgan fingerprint density at radius 3 is 2.70 bits per heavy atom. The van der Waals surface area contributed by atoms with Gasteiger partial charge in [0.25, 0.3) is 0 Å². The number of aromatic amines is 1. The SMILES string of the molecule is S=c1[nH]nc(CN2c3ccccc3N=C3CCCC3C23CCCC3)n1/N=C/c1ccccc1. The van der Waals surface area contributed by atoms with Gasteiger partial charge in [-0.2, -0.15) is 14.9 Å². The van der Waals surface area contributed by atoms with E-state index in [-0.39, 0.29) is 5.54 Å². The molecule has 0 amide bonds. The molecule has 0 bridgehead atoms. The topological polar surface area (TPSA) is 61.6 Å². The molecule has 1 spiro atoms. The van der Waals surface area contributed by atoms with Crippen molar-refractivity contribution >= 4 is 35.5 Å². The van der Waals surface area contributed by atoms with Crippen LogP contribution in [0.1, 0.15) is 56.3 Å². The van der Waals surface area contributed by atoms with E-state index in [2.05, 4.69) is 39.4 Å². The lowest BCUT2D eigenvalue weighted by Gasteiger charge is -2.46. The van der Waals surface area contributed by atoms with E-state index < -0.39 is 0 Å². The number of aromatic nitrogens is 3. The Labute approximate surface area is 199 Å². The van der Waals surface area contributed by atoms with Crippen LogP contribution in [0.2, 0.25) is 0 Å². The van der Waals surface area contributed by atoms with E-state index in [0.717, 1.165) is 23.5 Å². The highest BCUT2D eigenvalue weighted by atomic mass is 32.1. The number of H-pyrrole nitrogens is 1. The molecule has 2 aromatic carbocycles. The Morgan fingerprint density at radius 1 is 1.06 bits per heavy atom. The third-order valence-electron chi connectivity index (χ3n) is 7.56. The van der Waals surface area contributed by atoms with Crippen LogP contribution >= 0.6 is 12.2 Å². The first-order valence-electron chi connectivity index (χ1n) is 11.9. The van der Waals surface area contributed by atoms with Crippen LogP contribution in [0.3, 0.4) is 0 Å². The Bertz CT molecular complexity index is 1270. The standard InChI is InChI=1S/C26H28N6S/c33-25-30-29-24(32(25)27-17-19-9-2-1-3-10-19)18-31-23-14-5-4-12-22(23)28-21-13-8-11-20(21)26(31)15-6-7-16-26/h1-5,9-10,12,14,17,20H,6-8,11,13,15-16,18H2,(H,30,33)/b27-17+. The highest BCUT2D eigenvalue weighted by Gasteiger charge is 2.51. The van der Waals surface area contributed by atoms with Crippen LogP contribution in [0, 0.1) is 10.7 Å². The molecule has 7 heteroatoms. The maximum Gasteiger partial charge on any atom is 0.216 e. The largest absolute Gasteiger partial charge is 0.356 e. The Hall–Kier alpha value is -3.06. The summed E-state index contributed by atoms with van der Waals surface area (Å²) in [4.78, 5) is 7.80. The molecular formula is C26H28N6S. The van der Waals surface area contributed by atoms with Crippen molar-refractivity contribution in [3.8, 4) is 0 Å². The quantitative estimate of drug-likeness (QED) is 0.385. The second kappa shape index (κ2) is 8.37. The molecule has 168 valence electrons. The minimum absolute atomic E-state index is 0.0868. The van der Waals surface area contributed by atoms with Crippen molar-refractivity contribution in [2.45, 2.75) is 57.0 Å². The lowest BCUT2D eigenvalue weighted by atomic mass is 9.78. The van der Waals surface area contributed by atoms with Gasteiger partial charge < -0.3 is 4.90 Å². The van der Waals surface area contributed by atoms with Crippen LogP contribution in [-0.4, -0.2) is 32.3 Å². The molecule has 1 aromatic heterocycles. The van der Waals surface area contributed by atoms with Crippen LogP contribution in [0.25, 0.3) is 0 Å². The van der Waals surface area contributed by atoms with Crippen molar-refractivity contribution in [2.24, 2.45) is 16.0 Å². The van der Waals surface area contributed by atoms with Crippen molar-refractivity contribution in [3.05, 3.63) is 70.8 Å². The fourth-order valence-electron chi connectivity index (χ4n) is 6.11. The summed E-state index contributed by atoms with van der Waals surface area (Å²) in [6.45, 7) is 0.648. The summed E-state index contributed by atoms with van der Waals surface area (Å²) in [5.74, 6) is 1.34. The third-order valence-corrected chi connectivity index (χ3v) is 7.82. The zero-order valence-corrected chi connectivity index (χ0v) is 19.5.